The monoisotopic (exact) mass is 193 g/mol. The van der Waals surface area contributed by atoms with E-state index in [0.717, 1.165) is 0 Å². The zero-order chi connectivity index (χ0) is 10.3. The van der Waals surface area contributed by atoms with Gasteiger partial charge in [-0.1, -0.05) is 0 Å². The predicted molar refractivity (Wildman–Crippen MR) is 57.0 cm³/mol. The first-order valence-electron chi connectivity index (χ1n) is 5.36. The molecule has 0 bridgehead atoms. The lowest BCUT2D eigenvalue weighted by Gasteiger charge is -2.64. The molecule has 0 aromatic heterocycles. The van der Waals surface area contributed by atoms with E-state index in [0.29, 0.717) is 24.0 Å². The van der Waals surface area contributed by atoms with E-state index in [-0.39, 0.29) is 0 Å². The van der Waals surface area contributed by atoms with Crippen LogP contribution in [-0.2, 0) is 0 Å². The first-order valence-corrected chi connectivity index (χ1v) is 5.36. The summed E-state index contributed by atoms with van der Waals surface area (Å²) in [7, 11) is 2.16. The van der Waals surface area contributed by atoms with Gasteiger partial charge in [0.05, 0.1) is 6.04 Å². The van der Waals surface area contributed by atoms with Crippen molar-refractivity contribution in [3.63, 3.8) is 0 Å². The number of hydrogen-bond acceptors (Lipinski definition) is 2. The lowest BCUT2D eigenvalue weighted by Crippen LogP contribution is -2.78. The average molecular weight is 193 g/mol. The third kappa shape index (κ3) is 1.25. The van der Waals surface area contributed by atoms with E-state index in [1.807, 2.05) is 0 Å². The highest BCUT2D eigenvalue weighted by Crippen LogP contribution is 2.45. The van der Waals surface area contributed by atoms with Crippen LogP contribution in [0.2, 0.25) is 0 Å². The minimum atomic E-state index is 0.476. The zero-order valence-electron chi connectivity index (χ0n) is 9.32. The third-order valence-corrected chi connectivity index (χ3v) is 3.70. The van der Waals surface area contributed by atoms with Gasteiger partial charge in [0.1, 0.15) is 0 Å². The number of hydrogen-bond donors (Lipinski definition) is 0. The maximum absolute atomic E-state index is 7.01. The van der Waals surface area contributed by atoms with Crippen LogP contribution in [0.4, 0.5) is 0 Å². The van der Waals surface area contributed by atoms with E-state index in [1.54, 1.807) is 0 Å². The van der Waals surface area contributed by atoms with Crippen molar-refractivity contribution in [3.8, 4) is 0 Å². The Hall–Kier alpha value is -0.590. The average Bonchev–Trinajstić information content (AvgIpc) is 2.05. The Morgan fingerprint density at radius 1 is 1.43 bits per heavy atom. The van der Waals surface area contributed by atoms with Gasteiger partial charge in [-0.05, 0) is 20.9 Å². The van der Waals surface area contributed by atoms with Crippen molar-refractivity contribution in [2.45, 2.75) is 25.9 Å². The molecule has 2 fully saturated rings. The largest absolute Gasteiger partial charge is 0.315 e. The molecule has 78 valence electrons. The summed E-state index contributed by atoms with van der Waals surface area (Å²) in [4.78, 5) is 8.42. The Balaban J connectivity index is 2.00. The van der Waals surface area contributed by atoms with Crippen LogP contribution in [0.15, 0.2) is 0 Å². The highest BCUT2D eigenvalue weighted by atomic mass is 15.3. The summed E-state index contributed by atoms with van der Waals surface area (Å²) in [6.07, 6.45) is 0. The molecule has 0 aromatic rings. The molecule has 0 saturated carbocycles. The Labute approximate surface area is 86.5 Å². The molecule has 1 spiro atoms. The molecule has 0 radical (unpaired) electrons. The number of likely N-dealkylation sites (tertiary alicyclic amines) is 2. The smallest absolute Gasteiger partial charge is 0.230 e. The number of nitrogens with zero attached hydrogens (tertiary/aromatic N) is 3. The third-order valence-electron chi connectivity index (χ3n) is 3.70. The molecule has 2 aliphatic heterocycles. The Morgan fingerprint density at radius 2 is 2.07 bits per heavy atom. The van der Waals surface area contributed by atoms with E-state index in [4.69, 9.17) is 6.57 Å². The fraction of sp³-hybridized carbons (Fsp3) is 0.909. The summed E-state index contributed by atoms with van der Waals surface area (Å²) in [6, 6.07) is 1.12. The topological polar surface area (TPSA) is 10.8 Å². The van der Waals surface area contributed by atoms with Crippen molar-refractivity contribution in [1.29, 1.82) is 0 Å². The molecule has 0 N–H and O–H groups in total. The van der Waals surface area contributed by atoms with Crippen LogP contribution in [0, 0.1) is 12.0 Å². The van der Waals surface area contributed by atoms with Crippen LogP contribution in [-0.4, -0.2) is 55.1 Å². The second kappa shape index (κ2) is 3.22. The summed E-state index contributed by atoms with van der Waals surface area (Å²) in [5, 5.41) is 0. The second-order valence-electron chi connectivity index (χ2n) is 5.16. The lowest BCUT2D eigenvalue weighted by atomic mass is 9.65. The number of rotatable bonds is 2. The Morgan fingerprint density at radius 3 is 2.50 bits per heavy atom. The lowest BCUT2D eigenvalue weighted by molar-refractivity contribution is -0.163. The molecular weight excluding hydrogens is 174 g/mol. The van der Waals surface area contributed by atoms with Crippen LogP contribution in [0.3, 0.4) is 0 Å². The van der Waals surface area contributed by atoms with E-state index in [1.165, 1.54) is 19.6 Å². The van der Waals surface area contributed by atoms with Gasteiger partial charge in [0, 0.05) is 31.1 Å². The molecule has 3 nitrogen and oxygen atoms in total. The van der Waals surface area contributed by atoms with Crippen molar-refractivity contribution in [2.24, 2.45) is 5.41 Å². The van der Waals surface area contributed by atoms with Crippen molar-refractivity contribution < 1.29 is 0 Å². The van der Waals surface area contributed by atoms with Gasteiger partial charge < -0.3 is 9.74 Å². The van der Waals surface area contributed by atoms with Crippen LogP contribution in [0.5, 0.6) is 0 Å². The SMILES string of the molecule is [C-]#[N+]CC1N(C(C)C)CC12CN(C)C2. The van der Waals surface area contributed by atoms with E-state index in [9.17, 15) is 0 Å². The molecule has 3 heteroatoms. The minimum absolute atomic E-state index is 0.476. The van der Waals surface area contributed by atoms with E-state index in [2.05, 4.69) is 35.5 Å². The van der Waals surface area contributed by atoms with Crippen LogP contribution in [0.1, 0.15) is 13.8 Å². The molecule has 2 rings (SSSR count). The van der Waals surface area contributed by atoms with Crippen molar-refractivity contribution in [1.82, 2.24) is 9.80 Å². The molecule has 0 aliphatic carbocycles. The fourth-order valence-electron chi connectivity index (χ4n) is 3.09. The van der Waals surface area contributed by atoms with Crippen LogP contribution in [0.25, 0.3) is 4.85 Å². The van der Waals surface area contributed by atoms with Gasteiger partial charge in [0.2, 0.25) is 6.54 Å². The second-order valence-corrected chi connectivity index (χ2v) is 5.16. The fourth-order valence-corrected chi connectivity index (χ4v) is 3.09. The first kappa shape index (κ1) is 9.95. The van der Waals surface area contributed by atoms with Gasteiger partial charge in [-0.15, -0.1) is 0 Å². The van der Waals surface area contributed by atoms with E-state index >= 15 is 0 Å². The Bertz CT molecular complexity index is 260. The zero-order valence-corrected chi connectivity index (χ0v) is 9.32. The highest BCUT2D eigenvalue weighted by Gasteiger charge is 2.59. The van der Waals surface area contributed by atoms with Crippen LogP contribution < -0.4 is 0 Å². The Kier molecular flexibility index (Phi) is 2.29. The molecule has 0 aromatic carbocycles. The maximum atomic E-state index is 7.01. The van der Waals surface area contributed by atoms with Gasteiger partial charge in [-0.3, -0.25) is 4.90 Å². The summed E-state index contributed by atoms with van der Waals surface area (Å²) in [5.41, 5.74) is 0.476. The van der Waals surface area contributed by atoms with Gasteiger partial charge in [0.15, 0.2) is 0 Å². The van der Waals surface area contributed by atoms with E-state index < -0.39 is 0 Å². The van der Waals surface area contributed by atoms with Gasteiger partial charge in [-0.25, -0.2) is 6.57 Å². The highest BCUT2D eigenvalue weighted by molar-refractivity contribution is 5.14. The maximum Gasteiger partial charge on any atom is 0.230 e. The standard InChI is InChI=1S/C11H19N3/c1-9(2)14-8-11(6-13(4)7-11)10(14)5-12-3/h9-10H,5-8H2,1-2,4H3. The molecular formula is C11H19N3. The van der Waals surface area contributed by atoms with Crippen LogP contribution >= 0.6 is 0 Å². The van der Waals surface area contributed by atoms with Crippen molar-refractivity contribution >= 4 is 0 Å². The summed E-state index contributed by atoms with van der Waals surface area (Å²) < 4.78 is 0. The first-order chi connectivity index (χ1) is 6.59. The molecule has 2 heterocycles. The minimum Gasteiger partial charge on any atom is -0.315 e. The molecule has 2 aliphatic rings. The molecule has 1 unspecified atom stereocenters. The van der Waals surface area contributed by atoms with Gasteiger partial charge in [-0.2, -0.15) is 0 Å². The molecule has 1 atom stereocenters. The molecule has 0 amide bonds. The predicted octanol–water partition coefficient (Wildman–Crippen LogP) is 0.930. The normalized spacial score (nSPS) is 31.2. The summed E-state index contributed by atoms with van der Waals surface area (Å²) >= 11 is 0. The summed E-state index contributed by atoms with van der Waals surface area (Å²) in [5.74, 6) is 0. The van der Waals surface area contributed by atoms with Crippen molar-refractivity contribution in [3.05, 3.63) is 11.4 Å². The van der Waals surface area contributed by atoms with Gasteiger partial charge >= 0.3 is 0 Å². The van der Waals surface area contributed by atoms with Crippen molar-refractivity contribution in [2.75, 3.05) is 33.2 Å². The van der Waals surface area contributed by atoms with Gasteiger partial charge in [0.25, 0.3) is 0 Å². The molecule has 14 heavy (non-hydrogen) atoms. The quantitative estimate of drug-likeness (QED) is 0.604. The summed E-state index contributed by atoms with van der Waals surface area (Å²) in [6.45, 7) is 15.7. The molecule has 2 saturated heterocycles.